The first-order valence-electron chi connectivity index (χ1n) is 5.57. The van der Waals surface area contributed by atoms with Crippen LogP contribution in [0.4, 0.5) is 11.4 Å². The maximum Gasteiger partial charge on any atom is 0.271 e. The van der Waals surface area contributed by atoms with Gasteiger partial charge in [-0.15, -0.1) is 0 Å². The molecule has 0 unspecified atom stereocenters. The summed E-state index contributed by atoms with van der Waals surface area (Å²) in [6.07, 6.45) is 0. The van der Waals surface area contributed by atoms with Crippen LogP contribution in [0.1, 0.15) is 20.8 Å². The van der Waals surface area contributed by atoms with Crippen LogP contribution in [0.15, 0.2) is 24.3 Å². The molecule has 7 heteroatoms. The summed E-state index contributed by atoms with van der Waals surface area (Å²) in [6, 6.07) is 5.88. The molecular weight excluding hydrogens is 266 g/mol. The van der Waals surface area contributed by atoms with Gasteiger partial charge in [0, 0.05) is 23.2 Å². The average molecular weight is 281 g/mol. The van der Waals surface area contributed by atoms with Gasteiger partial charge in [-0.25, -0.2) is 0 Å². The van der Waals surface area contributed by atoms with Gasteiger partial charge in [-0.1, -0.05) is 26.8 Å². The quantitative estimate of drug-likeness (QED) is 0.494. The standard InChI is InChI=1S/C12H15N3O3S/c1-12(2,3)10(16)14-11(19)13-8-5-4-6-9(7-8)15(17)18/h4-7H,1-3H3,(H2,13,14,16,19). The van der Waals surface area contributed by atoms with E-state index in [1.54, 1.807) is 26.8 Å². The first-order valence-corrected chi connectivity index (χ1v) is 5.98. The molecule has 1 amide bonds. The van der Waals surface area contributed by atoms with Crippen LogP contribution in [-0.4, -0.2) is 15.9 Å². The lowest BCUT2D eigenvalue weighted by Crippen LogP contribution is -2.41. The Morgan fingerprint density at radius 2 is 2.00 bits per heavy atom. The van der Waals surface area contributed by atoms with Crippen molar-refractivity contribution in [2.24, 2.45) is 5.41 Å². The summed E-state index contributed by atoms with van der Waals surface area (Å²) in [5.41, 5.74) is -0.155. The molecule has 1 aromatic carbocycles. The third-order valence-electron chi connectivity index (χ3n) is 2.22. The largest absolute Gasteiger partial charge is 0.332 e. The van der Waals surface area contributed by atoms with Gasteiger partial charge < -0.3 is 10.6 Å². The summed E-state index contributed by atoms with van der Waals surface area (Å²) in [6.45, 7) is 5.29. The minimum atomic E-state index is -0.561. The monoisotopic (exact) mass is 281 g/mol. The Morgan fingerprint density at radius 3 is 2.53 bits per heavy atom. The molecule has 1 aromatic rings. The highest BCUT2D eigenvalue weighted by Gasteiger charge is 2.22. The first kappa shape index (κ1) is 15.0. The van der Waals surface area contributed by atoms with E-state index in [0.717, 1.165) is 0 Å². The number of anilines is 1. The molecule has 0 heterocycles. The van der Waals surface area contributed by atoms with Crippen LogP contribution >= 0.6 is 12.2 Å². The number of non-ortho nitro benzene ring substituents is 1. The normalized spacial score (nSPS) is 10.7. The molecule has 2 N–H and O–H groups in total. The Morgan fingerprint density at radius 1 is 1.37 bits per heavy atom. The van der Waals surface area contributed by atoms with E-state index < -0.39 is 10.3 Å². The molecule has 0 bridgehead atoms. The van der Waals surface area contributed by atoms with Crippen LogP contribution in [0.2, 0.25) is 0 Å². The number of thiocarbonyl (C=S) groups is 1. The number of rotatable bonds is 2. The molecule has 6 nitrogen and oxygen atoms in total. The van der Waals surface area contributed by atoms with Crippen LogP contribution in [0, 0.1) is 15.5 Å². The van der Waals surface area contributed by atoms with E-state index in [-0.39, 0.29) is 16.7 Å². The second-order valence-electron chi connectivity index (χ2n) is 4.97. The van der Waals surface area contributed by atoms with Gasteiger partial charge in [-0.3, -0.25) is 14.9 Å². The van der Waals surface area contributed by atoms with Crippen molar-refractivity contribution in [2.45, 2.75) is 20.8 Å². The number of amides is 1. The highest BCUT2D eigenvalue weighted by atomic mass is 32.1. The highest BCUT2D eigenvalue weighted by molar-refractivity contribution is 7.80. The molecule has 102 valence electrons. The minimum Gasteiger partial charge on any atom is -0.332 e. The molecule has 0 saturated carbocycles. The van der Waals surface area contributed by atoms with E-state index >= 15 is 0 Å². The molecule has 0 aliphatic rings. The van der Waals surface area contributed by atoms with Gasteiger partial charge in [0.2, 0.25) is 5.91 Å². The lowest BCUT2D eigenvalue weighted by atomic mass is 9.96. The van der Waals surface area contributed by atoms with E-state index in [1.807, 2.05) is 0 Å². The van der Waals surface area contributed by atoms with Crippen LogP contribution in [-0.2, 0) is 4.79 Å². The van der Waals surface area contributed by atoms with E-state index in [0.29, 0.717) is 5.69 Å². The Balaban J connectivity index is 2.70. The van der Waals surface area contributed by atoms with Gasteiger partial charge in [-0.2, -0.15) is 0 Å². The zero-order chi connectivity index (χ0) is 14.6. The number of nitro benzene ring substituents is 1. The Kier molecular flexibility index (Phi) is 4.55. The van der Waals surface area contributed by atoms with Crippen LogP contribution in [0.25, 0.3) is 0 Å². The minimum absolute atomic E-state index is 0.0463. The van der Waals surface area contributed by atoms with Gasteiger partial charge in [0.25, 0.3) is 5.69 Å². The molecule has 0 radical (unpaired) electrons. The fourth-order valence-electron chi connectivity index (χ4n) is 1.15. The van der Waals surface area contributed by atoms with Gasteiger partial charge >= 0.3 is 0 Å². The van der Waals surface area contributed by atoms with E-state index in [2.05, 4.69) is 10.6 Å². The average Bonchev–Trinajstić information content (AvgIpc) is 2.27. The van der Waals surface area contributed by atoms with Crippen molar-refractivity contribution in [3.05, 3.63) is 34.4 Å². The predicted molar refractivity (Wildman–Crippen MR) is 76.9 cm³/mol. The fraction of sp³-hybridized carbons (Fsp3) is 0.333. The van der Waals surface area contributed by atoms with Crippen molar-refractivity contribution in [1.29, 1.82) is 0 Å². The van der Waals surface area contributed by atoms with Crippen LogP contribution in [0.5, 0.6) is 0 Å². The van der Waals surface area contributed by atoms with Crippen LogP contribution in [0.3, 0.4) is 0 Å². The molecule has 0 aliphatic carbocycles. The molecule has 0 aromatic heterocycles. The molecule has 0 spiro atoms. The van der Waals surface area contributed by atoms with Crippen molar-refractivity contribution in [3.63, 3.8) is 0 Å². The van der Waals surface area contributed by atoms with E-state index in [9.17, 15) is 14.9 Å². The topological polar surface area (TPSA) is 84.3 Å². The maximum atomic E-state index is 11.7. The summed E-state index contributed by atoms with van der Waals surface area (Å²) in [4.78, 5) is 21.8. The van der Waals surface area contributed by atoms with E-state index in [4.69, 9.17) is 12.2 Å². The Hall–Kier alpha value is -2.02. The number of hydrogen-bond acceptors (Lipinski definition) is 4. The molecule has 0 atom stereocenters. The zero-order valence-electron chi connectivity index (χ0n) is 10.9. The number of hydrogen-bond donors (Lipinski definition) is 2. The molecule has 1 rings (SSSR count). The second kappa shape index (κ2) is 5.75. The van der Waals surface area contributed by atoms with Crippen LogP contribution < -0.4 is 10.6 Å². The van der Waals surface area contributed by atoms with Crippen molar-refractivity contribution < 1.29 is 9.72 Å². The third-order valence-corrected chi connectivity index (χ3v) is 2.43. The maximum absolute atomic E-state index is 11.7. The Bertz CT molecular complexity index is 523. The fourth-order valence-corrected chi connectivity index (χ4v) is 1.36. The number of nitro groups is 1. The summed E-state index contributed by atoms with van der Waals surface area (Å²) < 4.78 is 0. The summed E-state index contributed by atoms with van der Waals surface area (Å²) in [5, 5.41) is 16.0. The highest BCUT2D eigenvalue weighted by Crippen LogP contribution is 2.17. The van der Waals surface area contributed by atoms with Gasteiger partial charge in [0.05, 0.1) is 4.92 Å². The molecular formula is C12H15N3O3S. The SMILES string of the molecule is CC(C)(C)C(=O)NC(=S)Nc1cccc([N+](=O)[O-])c1. The lowest BCUT2D eigenvalue weighted by Gasteiger charge is -2.18. The molecule has 0 fully saturated rings. The number of carbonyl (C=O) groups is 1. The van der Waals surface area contributed by atoms with Gasteiger partial charge in [-0.05, 0) is 18.3 Å². The van der Waals surface area contributed by atoms with Crippen molar-refractivity contribution in [2.75, 3.05) is 5.32 Å². The summed E-state index contributed by atoms with van der Waals surface area (Å²) in [7, 11) is 0. The summed E-state index contributed by atoms with van der Waals surface area (Å²) >= 11 is 4.98. The lowest BCUT2D eigenvalue weighted by molar-refractivity contribution is -0.384. The molecule has 0 aliphatic heterocycles. The number of nitrogens with zero attached hydrogens (tertiary/aromatic N) is 1. The van der Waals surface area contributed by atoms with Gasteiger partial charge in [0.1, 0.15) is 0 Å². The predicted octanol–water partition coefficient (Wildman–Crippen LogP) is 2.45. The second-order valence-corrected chi connectivity index (χ2v) is 5.37. The number of benzene rings is 1. The third kappa shape index (κ3) is 4.63. The number of carbonyl (C=O) groups excluding carboxylic acids is 1. The first-order chi connectivity index (χ1) is 8.70. The molecule has 19 heavy (non-hydrogen) atoms. The van der Waals surface area contributed by atoms with Crippen molar-refractivity contribution in [1.82, 2.24) is 5.32 Å². The van der Waals surface area contributed by atoms with Gasteiger partial charge in [0.15, 0.2) is 5.11 Å². The zero-order valence-corrected chi connectivity index (χ0v) is 11.7. The smallest absolute Gasteiger partial charge is 0.271 e. The van der Waals surface area contributed by atoms with Crippen molar-refractivity contribution in [3.8, 4) is 0 Å². The van der Waals surface area contributed by atoms with E-state index in [1.165, 1.54) is 18.2 Å². The Labute approximate surface area is 116 Å². The summed E-state index contributed by atoms with van der Waals surface area (Å²) in [5.74, 6) is -0.226. The molecule has 0 saturated heterocycles. The number of nitrogens with one attached hydrogen (secondary N) is 2. The van der Waals surface area contributed by atoms with Crippen molar-refractivity contribution >= 4 is 34.6 Å².